The van der Waals surface area contributed by atoms with Gasteiger partial charge in [0, 0.05) is 18.6 Å². The van der Waals surface area contributed by atoms with Crippen LogP contribution in [0, 0.1) is 0 Å². The lowest BCUT2D eigenvalue weighted by Crippen LogP contribution is -2.05. The first-order valence-electron chi connectivity index (χ1n) is 4.81. The molecule has 2 aromatic rings. The van der Waals surface area contributed by atoms with Gasteiger partial charge in [-0.05, 0) is 12.0 Å². The minimum atomic E-state index is 0.385. The van der Waals surface area contributed by atoms with Gasteiger partial charge in [0.1, 0.15) is 0 Å². The summed E-state index contributed by atoms with van der Waals surface area (Å²) in [6.07, 6.45) is 5.00. The van der Waals surface area contributed by atoms with Crippen molar-refractivity contribution >= 4 is 5.82 Å². The van der Waals surface area contributed by atoms with Gasteiger partial charge in [0.05, 0.1) is 5.69 Å². The smallest absolute Gasteiger partial charge is 0.196 e. The van der Waals surface area contributed by atoms with Gasteiger partial charge in [-0.1, -0.05) is 13.8 Å². The van der Waals surface area contributed by atoms with E-state index in [4.69, 9.17) is 5.73 Å². The van der Waals surface area contributed by atoms with Crippen LogP contribution < -0.4 is 5.73 Å². The van der Waals surface area contributed by atoms with Gasteiger partial charge in [0.15, 0.2) is 11.6 Å². The molecule has 0 aliphatic heterocycles. The van der Waals surface area contributed by atoms with E-state index in [2.05, 4.69) is 28.9 Å². The second-order valence-corrected chi connectivity index (χ2v) is 3.61. The third kappa shape index (κ3) is 1.81. The molecule has 15 heavy (non-hydrogen) atoms. The number of nitrogens with zero attached hydrogens (tertiary/aromatic N) is 4. The highest BCUT2D eigenvalue weighted by molar-refractivity contribution is 5.45. The van der Waals surface area contributed by atoms with Crippen LogP contribution in [0.1, 0.15) is 25.5 Å². The Morgan fingerprint density at radius 1 is 1.27 bits per heavy atom. The molecule has 0 aromatic carbocycles. The van der Waals surface area contributed by atoms with E-state index in [1.54, 1.807) is 17.1 Å². The molecule has 0 fully saturated rings. The van der Waals surface area contributed by atoms with Crippen molar-refractivity contribution in [3.05, 3.63) is 30.4 Å². The number of rotatable bonds is 2. The molecule has 0 aliphatic rings. The highest BCUT2D eigenvalue weighted by atomic mass is 15.3. The van der Waals surface area contributed by atoms with Gasteiger partial charge in [-0.2, -0.15) is 5.10 Å². The standard InChI is InChI=1S/C10H13N5/c1-7(2)8-3-6-15(14-8)10-9(11)12-4-5-13-10/h3-7H,1-2H3,(H2,11,12). The number of nitrogen functional groups attached to an aromatic ring is 1. The fourth-order valence-corrected chi connectivity index (χ4v) is 1.28. The Hall–Kier alpha value is -1.91. The summed E-state index contributed by atoms with van der Waals surface area (Å²) in [5, 5.41) is 4.38. The van der Waals surface area contributed by atoms with Crippen LogP contribution in [0.2, 0.25) is 0 Å². The lowest BCUT2D eigenvalue weighted by molar-refractivity contribution is 0.756. The molecule has 0 aliphatic carbocycles. The monoisotopic (exact) mass is 203 g/mol. The zero-order valence-electron chi connectivity index (χ0n) is 8.75. The van der Waals surface area contributed by atoms with Crippen LogP contribution in [0.5, 0.6) is 0 Å². The van der Waals surface area contributed by atoms with Gasteiger partial charge in [-0.3, -0.25) is 0 Å². The molecule has 0 saturated carbocycles. The number of hydrogen-bond donors (Lipinski definition) is 1. The first-order valence-corrected chi connectivity index (χ1v) is 4.81. The summed E-state index contributed by atoms with van der Waals surface area (Å²) in [4.78, 5) is 8.10. The van der Waals surface area contributed by atoms with Crippen LogP contribution in [0.4, 0.5) is 5.82 Å². The lowest BCUT2D eigenvalue weighted by atomic mass is 10.1. The van der Waals surface area contributed by atoms with Crippen molar-refractivity contribution in [3.63, 3.8) is 0 Å². The van der Waals surface area contributed by atoms with E-state index >= 15 is 0 Å². The van der Waals surface area contributed by atoms with Crippen molar-refractivity contribution in [2.45, 2.75) is 19.8 Å². The molecule has 2 N–H and O–H groups in total. The molecule has 2 heterocycles. The average molecular weight is 203 g/mol. The summed E-state index contributed by atoms with van der Waals surface area (Å²) in [6.45, 7) is 4.18. The molecule has 0 amide bonds. The summed E-state index contributed by atoms with van der Waals surface area (Å²) in [5.74, 6) is 1.35. The quantitative estimate of drug-likeness (QED) is 0.800. The third-order valence-electron chi connectivity index (χ3n) is 2.12. The molecule has 5 nitrogen and oxygen atoms in total. The van der Waals surface area contributed by atoms with Crippen LogP contribution in [0.3, 0.4) is 0 Å². The van der Waals surface area contributed by atoms with Crippen LogP contribution in [-0.2, 0) is 0 Å². The van der Waals surface area contributed by atoms with Crippen molar-refractivity contribution < 1.29 is 0 Å². The summed E-state index contributed by atoms with van der Waals surface area (Å²) in [5.41, 5.74) is 6.72. The third-order valence-corrected chi connectivity index (χ3v) is 2.12. The van der Waals surface area contributed by atoms with Crippen molar-refractivity contribution in [1.82, 2.24) is 19.7 Å². The van der Waals surface area contributed by atoms with E-state index < -0.39 is 0 Å². The predicted molar refractivity (Wildman–Crippen MR) is 57.7 cm³/mol. The number of aromatic nitrogens is 4. The molecule has 0 saturated heterocycles. The minimum Gasteiger partial charge on any atom is -0.381 e. The summed E-state index contributed by atoms with van der Waals surface area (Å²) in [6, 6.07) is 1.96. The highest BCUT2D eigenvalue weighted by Crippen LogP contribution is 2.14. The van der Waals surface area contributed by atoms with Crippen molar-refractivity contribution in [2.75, 3.05) is 5.73 Å². The summed E-state index contributed by atoms with van der Waals surface area (Å²) >= 11 is 0. The fraction of sp³-hybridized carbons (Fsp3) is 0.300. The summed E-state index contributed by atoms with van der Waals surface area (Å²) < 4.78 is 1.65. The molecule has 0 atom stereocenters. The molecule has 0 unspecified atom stereocenters. The Bertz CT molecular complexity index is 460. The molecule has 2 rings (SSSR count). The molecular formula is C10H13N5. The number of anilines is 1. The van der Waals surface area contributed by atoms with E-state index in [1.807, 2.05) is 12.3 Å². The Morgan fingerprint density at radius 2 is 2.00 bits per heavy atom. The Balaban J connectivity index is 2.42. The minimum absolute atomic E-state index is 0.385. The van der Waals surface area contributed by atoms with Crippen LogP contribution >= 0.6 is 0 Å². The molecule has 0 radical (unpaired) electrons. The van der Waals surface area contributed by atoms with Crippen LogP contribution in [0.25, 0.3) is 5.82 Å². The van der Waals surface area contributed by atoms with Gasteiger partial charge in [-0.15, -0.1) is 0 Å². The second kappa shape index (κ2) is 3.68. The van der Waals surface area contributed by atoms with Crippen molar-refractivity contribution in [2.24, 2.45) is 0 Å². The second-order valence-electron chi connectivity index (χ2n) is 3.61. The molecule has 0 bridgehead atoms. The van der Waals surface area contributed by atoms with E-state index in [-0.39, 0.29) is 0 Å². The zero-order valence-corrected chi connectivity index (χ0v) is 8.75. The van der Waals surface area contributed by atoms with Gasteiger partial charge in [0.25, 0.3) is 0 Å². The molecule has 78 valence electrons. The fourth-order valence-electron chi connectivity index (χ4n) is 1.28. The van der Waals surface area contributed by atoms with E-state index in [0.29, 0.717) is 17.6 Å². The van der Waals surface area contributed by atoms with Crippen molar-refractivity contribution in [3.8, 4) is 5.82 Å². The molecule has 5 heteroatoms. The van der Waals surface area contributed by atoms with E-state index in [1.165, 1.54) is 0 Å². The van der Waals surface area contributed by atoms with Gasteiger partial charge in [0.2, 0.25) is 0 Å². The number of hydrogen-bond acceptors (Lipinski definition) is 4. The Labute approximate surface area is 88.0 Å². The largest absolute Gasteiger partial charge is 0.381 e. The normalized spacial score (nSPS) is 10.9. The topological polar surface area (TPSA) is 69.6 Å². The van der Waals surface area contributed by atoms with E-state index in [9.17, 15) is 0 Å². The first kappa shape index (κ1) is 9.64. The molecule has 2 aromatic heterocycles. The molecular weight excluding hydrogens is 190 g/mol. The van der Waals surface area contributed by atoms with Crippen LogP contribution in [0.15, 0.2) is 24.7 Å². The molecule has 0 spiro atoms. The number of nitrogens with two attached hydrogens (primary N) is 1. The predicted octanol–water partition coefficient (Wildman–Crippen LogP) is 1.37. The van der Waals surface area contributed by atoms with Crippen LogP contribution in [-0.4, -0.2) is 19.7 Å². The average Bonchev–Trinajstić information content (AvgIpc) is 2.67. The zero-order chi connectivity index (χ0) is 10.8. The van der Waals surface area contributed by atoms with Crippen molar-refractivity contribution in [1.29, 1.82) is 0 Å². The van der Waals surface area contributed by atoms with Gasteiger partial charge >= 0.3 is 0 Å². The first-order chi connectivity index (χ1) is 7.18. The van der Waals surface area contributed by atoms with E-state index in [0.717, 1.165) is 5.69 Å². The van der Waals surface area contributed by atoms with Gasteiger partial charge in [-0.25, -0.2) is 14.6 Å². The SMILES string of the molecule is CC(C)c1ccn(-c2nccnc2N)n1. The Kier molecular flexibility index (Phi) is 2.37. The maximum Gasteiger partial charge on any atom is 0.196 e. The summed E-state index contributed by atoms with van der Waals surface area (Å²) in [7, 11) is 0. The maximum absolute atomic E-state index is 5.70. The highest BCUT2D eigenvalue weighted by Gasteiger charge is 2.07. The van der Waals surface area contributed by atoms with Gasteiger partial charge < -0.3 is 5.73 Å². The Morgan fingerprint density at radius 3 is 2.60 bits per heavy atom. The maximum atomic E-state index is 5.70. The lowest BCUT2D eigenvalue weighted by Gasteiger charge is -2.02.